The van der Waals surface area contributed by atoms with Gasteiger partial charge in [0.2, 0.25) is 5.91 Å². The Balaban J connectivity index is 1.70. The van der Waals surface area contributed by atoms with Crippen LogP contribution in [0.2, 0.25) is 0 Å². The third kappa shape index (κ3) is 3.78. The van der Waals surface area contributed by atoms with Gasteiger partial charge in [-0.15, -0.1) is 11.3 Å². The Labute approximate surface area is 112 Å². The van der Waals surface area contributed by atoms with E-state index in [-0.39, 0.29) is 5.91 Å². The van der Waals surface area contributed by atoms with E-state index >= 15 is 0 Å². The van der Waals surface area contributed by atoms with Crippen molar-refractivity contribution in [1.82, 2.24) is 15.2 Å². The number of carbonyl (C=O) groups is 1. The maximum absolute atomic E-state index is 11.1. The molecule has 0 bridgehead atoms. The summed E-state index contributed by atoms with van der Waals surface area (Å²) >= 11 is 1.74. The minimum Gasteiger partial charge on any atom is -0.356 e. The lowest BCUT2D eigenvalue weighted by Gasteiger charge is -2.27. The van der Waals surface area contributed by atoms with E-state index in [1.165, 1.54) is 10.6 Å². The van der Waals surface area contributed by atoms with Crippen molar-refractivity contribution in [2.45, 2.75) is 26.2 Å². The van der Waals surface area contributed by atoms with E-state index in [2.05, 4.69) is 29.2 Å². The average molecular weight is 267 g/mol. The summed E-state index contributed by atoms with van der Waals surface area (Å²) in [5.74, 6) is 0.810. The molecule has 1 unspecified atom stereocenters. The fraction of sp³-hybridized carbons (Fsp3) is 0.692. The third-order valence-corrected chi connectivity index (χ3v) is 4.50. The number of aryl methyl sites for hydroxylation is 1. The van der Waals surface area contributed by atoms with Crippen LogP contribution in [-0.4, -0.2) is 42.5 Å². The Bertz CT molecular complexity index is 395. The summed E-state index contributed by atoms with van der Waals surface area (Å²) in [4.78, 5) is 19.1. The van der Waals surface area contributed by atoms with Gasteiger partial charge in [-0.05, 0) is 32.7 Å². The van der Waals surface area contributed by atoms with E-state index < -0.39 is 0 Å². The first-order valence-corrected chi connectivity index (χ1v) is 7.37. The second-order valence-corrected chi connectivity index (χ2v) is 6.02. The molecule has 0 radical (unpaired) electrons. The Kier molecular flexibility index (Phi) is 4.72. The van der Waals surface area contributed by atoms with Crippen molar-refractivity contribution >= 4 is 17.2 Å². The maximum atomic E-state index is 11.1. The zero-order valence-electron chi connectivity index (χ0n) is 11.1. The van der Waals surface area contributed by atoms with Crippen LogP contribution in [0, 0.1) is 12.8 Å². The molecule has 0 aromatic carbocycles. The number of hydrogen-bond acceptors (Lipinski definition) is 4. The fourth-order valence-electron chi connectivity index (χ4n) is 2.33. The molecule has 0 spiro atoms. The number of nitrogens with one attached hydrogen (secondary N) is 1. The molecule has 1 N–H and O–H groups in total. The van der Waals surface area contributed by atoms with Crippen LogP contribution in [-0.2, 0) is 11.2 Å². The largest absolute Gasteiger partial charge is 0.356 e. The lowest BCUT2D eigenvalue weighted by molar-refractivity contribution is -0.123. The average Bonchev–Trinajstić information content (AvgIpc) is 2.75. The van der Waals surface area contributed by atoms with Crippen LogP contribution in [0.15, 0.2) is 5.51 Å². The number of nitrogens with zero attached hydrogens (tertiary/aromatic N) is 2. The van der Waals surface area contributed by atoms with E-state index in [9.17, 15) is 4.79 Å². The number of thiazole rings is 1. The van der Waals surface area contributed by atoms with E-state index in [1.807, 2.05) is 5.51 Å². The van der Waals surface area contributed by atoms with Crippen molar-refractivity contribution < 1.29 is 4.79 Å². The Morgan fingerprint density at radius 3 is 3.06 bits per heavy atom. The van der Waals surface area contributed by atoms with Gasteiger partial charge in [-0.3, -0.25) is 4.79 Å². The normalized spacial score (nSPS) is 20.2. The van der Waals surface area contributed by atoms with Gasteiger partial charge in [-0.1, -0.05) is 0 Å². The van der Waals surface area contributed by atoms with Crippen LogP contribution in [0.5, 0.6) is 0 Å². The lowest BCUT2D eigenvalue weighted by Crippen LogP contribution is -2.40. The van der Waals surface area contributed by atoms with Gasteiger partial charge < -0.3 is 10.2 Å². The highest BCUT2D eigenvalue weighted by atomic mass is 32.1. The first-order chi connectivity index (χ1) is 8.65. The van der Waals surface area contributed by atoms with Crippen molar-refractivity contribution in [2.75, 3.05) is 26.7 Å². The fourth-order valence-corrected chi connectivity index (χ4v) is 3.10. The summed E-state index contributed by atoms with van der Waals surface area (Å²) < 4.78 is 0. The second kappa shape index (κ2) is 6.29. The van der Waals surface area contributed by atoms with Gasteiger partial charge in [0, 0.05) is 30.9 Å². The highest BCUT2D eigenvalue weighted by Gasteiger charge is 2.19. The number of carbonyl (C=O) groups excluding carboxylic acids is 1. The van der Waals surface area contributed by atoms with E-state index in [0.29, 0.717) is 12.3 Å². The van der Waals surface area contributed by atoms with Crippen molar-refractivity contribution in [2.24, 2.45) is 5.92 Å². The highest BCUT2D eigenvalue weighted by Crippen LogP contribution is 2.15. The number of amides is 1. The molecule has 0 saturated carbocycles. The van der Waals surface area contributed by atoms with Crippen LogP contribution in [0.4, 0.5) is 0 Å². The summed E-state index contributed by atoms with van der Waals surface area (Å²) in [6, 6.07) is 0. The maximum Gasteiger partial charge on any atom is 0.220 e. The molecule has 1 aromatic heterocycles. The summed E-state index contributed by atoms with van der Waals surface area (Å²) in [5.41, 5.74) is 3.08. The molecule has 1 aliphatic rings. The minimum atomic E-state index is 0.203. The third-order valence-electron chi connectivity index (χ3n) is 3.50. The first-order valence-electron chi connectivity index (χ1n) is 6.49. The van der Waals surface area contributed by atoms with Crippen molar-refractivity contribution in [3.63, 3.8) is 0 Å². The zero-order chi connectivity index (χ0) is 13.0. The van der Waals surface area contributed by atoms with Gasteiger partial charge in [0.05, 0.1) is 11.2 Å². The molecular formula is C13H21N3OS. The monoisotopic (exact) mass is 267 g/mol. The SMILES string of the molecule is Cc1ncsc1CCN(C)CC1CCC(=O)NC1. The predicted molar refractivity (Wildman–Crippen MR) is 73.8 cm³/mol. The molecule has 1 aliphatic heterocycles. The van der Waals surface area contributed by atoms with Crippen molar-refractivity contribution in [3.05, 3.63) is 16.1 Å². The van der Waals surface area contributed by atoms with Gasteiger partial charge in [0.1, 0.15) is 0 Å². The van der Waals surface area contributed by atoms with E-state index in [4.69, 9.17) is 0 Å². The summed E-state index contributed by atoms with van der Waals surface area (Å²) in [7, 11) is 2.16. The topological polar surface area (TPSA) is 45.2 Å². The molecule has 1 amide bonds. The van der Waals surface area contributed by atoms with E-state index in [1.54, 1.807) is 11.3 Å². The summed E-state index contributed by atoms with van der Waals surface area (Å²) in [5, 5.41) is 2.94. The molecule has 100 valence electrons. The first kappa shape index (κ1) is 13.5. The minimum absolute atomic E-state index is 0.203. The number of piperidine rings is 1. The molecule has 1 fully saturated rings. The quantitative estimate of drug-likeness (QED) is 0.878. The zero-order valence-corrected chi connectivity index (χ0v) is 11.9. The molecule has 1 atom stereocenters. The number of aromatic nitrogens is 1. The highest BCUT2D eigenvalue weighted by molar-refractivity contribution is 7.09. The Morgan fingerprint density at radius 1 is 1.61 bits per heavy atom. The molecule has 2 rings (SSSR count). The van der Waals surface area contributed by atoms with Crippen molar-refractivity contribution in [3.8, 4) is 0 Å². The van der Waals surface area contributed by atoms with Gasteiger partial charge in [-0.2, -0.15) is 0 Å². The smallest absolute Gasteiger partial charge is 0.220 e. The number of hydrogen-bond donors (Lipinski definition) is 1. The lowest BCUT2D eigenvalue weighted by atomic mass is 9.99. The summed E-state index contributed by atoms with van der Waals surface area (Å²) in [6.45, 7) is 5.04. The standard InChI is InChI=1S/C13H21N3OS/c1-10-12(18-9-15-10)5-6-16(2)8-11-3-4-13(17)14-7-11/h9,11H,3-8H2,1-2H3,(H,14,17). The predicted octanol–water partition coefficient (Wildman–Crippen LogP) is 1.45. The van der Waals surface area contributed by atoms with Gasteiger partial charge in [-0.25, -0.2) is 4.98 Å². The number of rotatable bonds is 5. The van der Waals surface area contributed by atoms with E-state index in [0.717, 1.165) is 32.5 Å². The van der Waals surface area contributed by atoms with Crippen LogP contribution >= 0.6 is 11.3 Å². The molecule has 2 heterocycles. The molecule has 18 heavy (non-hydrogen) atoms. The van der Waals surface area contributed by atoms with Crippen LogP contribution in [0.1, 0.15) is 23.4 Å². The van der Waals surface area contributed by atoms with Crippen LogP contribution in [0.3, 0.4) is 0 Å². The molecule has 4 nitrogen and oxygen atoms in total. The van der Waals surface area contributed by atoms with Gasteiger partial charge in [0.25, 0.3) is 0 Å². The van der Waals surface area contributed by atoms with Crippen LogP contribution < -0.4 is 5.32 Å². The second-order valence-electron chi connectivity index (χ2n) is 5.08. The number of likely N-dealkylation sites (N-methyl/N-ethyl adjacent to an activating group) is 1. The molecular weight excluding hydrogens is 246 g/mol. The van der Waals surface area contributed by atoms with Gasteiger partial charge in [0.15, 0.2) is 0 Å². The Hall–Kier alpha value is -0.940. The van der Waals surface area contributed by atoms with Crippen molar-refractivity contribution in [1.29, 1.82) is 0 Å². The molecule has 1 aromatic rings. The summed E-state index contributed by atoms with van der Waals surface area (Å²) in [6.07, 6.45) is 2.79. The Morgan fingerprint density at radius 2 is 2.44 bits per heavy atom. The molecule has 1 saturated heterocycles. The van der Waals surface area contributed by atoms with Gasteiger partial charge >= 0.3 is 0 Å². The molecule has 5 heteroatoms. The van der Waals surface area contributed by atoms with Crippen LogP contribution in [0.25, 0.3) is 0 Å². The molecule has 0 aliphatic carbocycles.